The Bertz CT molecular complexity index is 461. The van der Waals surface area contributed by atoms with Crippen LogP contribution in [0.15, 0.2) is 23.3 Å². The Labute approximate surface area is 97.2 Å². The molecular formula is C10H12N4O3. The van der Waals surface area contributed by atoms with E-state index in [4.69, 9.17) is 5.11 Å². The van der Waals surface area contributed by atoms with Crippen LogP contribution in [0.4, 0.5) is 5.69 Å². The number of nitrogens with one attached hydrogen (secondary N) is 2. The number of anilines is 1. The van der Waals surface area contributed by atoms with Crippen molar-refractivity contribution in [1.82, 2.24) is 10.3 Å². The van der Waals surface area contributed by atoms with Crippen molar-refractivity contribution in [2.75, 3.05) is 18.4 Å². The third-order valence-corrected chi connectivity index (χ3v) is 2.21. The van der Waals surface area contributed by atoms with Crippen molar-refractivity contribution in [3.05, 3.63) is 24.0 Å². The van der Waals surface area contributed by atoms with Gasteiger partial charge in [0.15, 0.2) is 5.96 Å². The van der Waals surface area contributed by atoms with E-state index in [1.807, 2.05) is 0 Å². The zero-order valence-corrected chi connectivity index (χ0v) is 8.92. The first-order valence-corrected chi connectivity index (χ1v) is 5.08. The van der Waals surface area contributed by atoms with Crippen molar-refractivity contribution in [3.8, 4) is 0 Å². The van der Waals surface area contributed by atoms with Gasteiger partial charge < -0.3 is 20.8 Å². The highest BCUT2D eigenvalue weighted by molar-refractivity contribution is 5.95. The van der Waals surface area contributed by atoms with Gasteiger partial charge in [-0.3, -0.25) is 4.99 Å². The van der Waals surface area contributed by atoms with E-state index in [9.17, 15) is 9.90 Å². The molecule has 7 nitrogen and oxygen atoms in total. The van der Waals surface area contributed by atoms with E-state index in [1.54, 1.807) is 6.07 Å². The molecule has 2 rings (SSSR count). The summed E-state index contributed by atoms with van der Waals surface area (Å²) >= 11 is 0. The number of β-amino-alcohol motifs (C(OH)–C–C–N with tert-alkyl or cyclic N) is 1. The lowest BCUT2D eigenvalue weighted by Crippen LogP contribution is -2.42. The number of guanidine groups is 1. The summed E-state index contributed by atoms with van der Waals surface area (Å²) in [6, 6.07) is 3.05. The first-order valence-electron chi connectivity index (χ1n) is 5.08. The molecule has 0 saturated heterocycles. The van der Waals surface area contributed by atoms with Gasteiger partial charge in [-0.1, -0.05) is 0 Å². The van der Waals surface area contributed by atoms with E-state index < -0.39 is 12.1 Å². The predicted octanol–water partition coefficient (Wildman–Crippen LogP) is -0.488. The second-order valence-electron chi connectivity index (χ2n) is 3.58. The molecule has 4 N–H and O–H groups in total. The second-order valence-corrected chi connectivity index (χ2v) is 3.58. The first kappa shape index (κ1) is 11.3. The van der Waals surface area contributed by atoms with Crippen LogP contribution in [0.5, 0.6) is 0 Å². The summed E-state index contributed by atoms with van der Waals surface area (Å²) in [5, 5.41) is 23.8. The molecule has 0 amide bonds. The summed E-state index contributed by atoms with van der Waals surface area (Å²) in [6.45, 7) is 0.745. The largest absolute Gasteiger partial charge is 0.477 e. The van der Waals surface area contributed by atoms with Crippen LogP contribution in [-0.2, 0) is 0 Å². The molecule has 0 aliphatic carbocycles. The van der Waals surface area contributed by atoms with E-state index >= 15 is 0 Å². The molecule has 1 aliphatic heterocycles. The zero-order valence-electron chi connectivity index (χ0n) is 8.92. The van der Waals surface area contributed by atoms with Gasteiger partial charge in [0.25, 0.3) is 0 Å². The summed E-state index contributed by atoms with van der Waals surface area (Å²) in [6.07, 6.45) is 0.928. The van der Waals surface area contributed by atoms with E-state index in [0.717, 1.165) is 0 Å². The van der Waals surface area contributed by atoms with Crippen LogP contribution < -0.4 is 10.6 Å². The highest BCUT2D eigenvalue weighted by Gasteiger charge is 2.12. The van der Waals surface area contributed by atoms with Gasteiger partial charge >= 0.3 is 5.97 Å². The molecule has 0 bridgehead atoms. The number of rotatable bonds is 2. The number of hydrogen-bond donors (Lipinski definition) is 4. The van der Waals surface area contributed by atoms with Gasteiger partial charge in [-0.2, -0.15) is 0 Å². The van der Waals surface area contributed by atoms with Crippen LogP contribution in [0.2, 0.25) is 0 Å². The monoisotopic (exact) mass is 236 g/mol. The van der Waals surface area contributed by atoms with Crippen molar-refractivity contribution in [1.29, 1.82) is 0 Å². The highest BCUT2D eigenvalue weighted by Crippen LogP contribution is 2.08. The molecule has 1 unspecified atom stereocenters. The number of carboxylic acids is 1. The normalized spacial score (nSPS) is 19.1. The summed E-state index contributed by atoms with van der Waals surface area (Å²) < 4.78 is 0. The Morgan fingerprint density at radius 1 is 1.59 bits per heavy atom. The summed E-state index contributed by atoms with van der Waals surface area (Å²) in [5.41, 5.74) is 0.548. The van der Waals surface area contributed by atoms with Crippen LogP contribution in [0.25, 0.3) is 0 Å². The third-order valence-electron chi connectivity index (χ3n) is 2.21. The maximum atomic E-state index is 10.7. The number of aromatic nitrogens is 1. The first-order chi connectivity index (χ1) is 8.15. The maximum Gasteiger partial charge on any atom is 0.354 e. The average molecular weight is 236 g/mol. The van der Waals surface area contributed by atoms with Gasteiger partial charge in [0, 0.05) is 18.4 Å². The fourth-order valence-corrected chi connectivity index (χ4v) is 1.38. The third kappa shape index (κ3) is 2.91. The average Bonchev–Trinajstić information content (AvgIpc) is 2.32. The van der Waals surface area contributed by atoms with Gasteiger partial charge in [-0.15, -0.1) is 0 Å². The molecular weight excluding hydrogens is 224 g/mol. The van der Waals surface area contributed by atoms with Crippen LogP contribution >= 0.6 is 0 Å². The van der Waals surface area contributed by atoms with Crippen molar-refractivity contribution >= 4 is 17.6 Å². The Morgan fingerprint density at radius 3 is 3.06 bits per heavy atom. The molecule has 2 heterocycles. The molecule has 0 saturated carbocycles. The van der Waals surface area contributed by atoms with Gasteiger partial charge in [-0.05, 0) is 12.1 Å². The van der Waals surface area contributed by atoms with Crippen LogP contribution in [-0.4, -0.2) is 46.3 Å². The summed E-state index contributed by atoms with van der Waals surface area (Å²) in [7, 11) is 0. The molecule has 17 heavy (non-hydrogen) atoms. The molecule has 1 aliphatic rings. The summed E-state index contributed by atoms with van der Waals surface area (Å²) in [4.78, 5) is 18.5. The standard InChI is InChI=1S/C10H12N4O3/c15-7-4-12-10(13-5-7)14-6-1-2-11-8(3-6)9(16)17/h1-3,7,15H,4-5H2,(H,16,17)(H2,11,12,13,14). The van der Waals surface area contributed by atoms with Gasteiger partial charge in [0.2, 0.25) is 0 Å². The highest BCUT2D eigenvalue weighted by atomic mass is 16.4. The lowest BCUT2D eigenvalue weighted by atomic mass is 10.3. The number of pyridine rings is 1. The molecule has 90 valence electrons. The Kier molecular flexibility index (Phi) is 3.20. The number of aromatic carboxylic acids is 1. The Balaban J connectivity index is 2.08. The SMILES string of the molecule is O=C(O)c1cc(NC2=NCC(O)CN2)ccn1. The smallest absolute Gasteiger partial charge is 0.354 e. The van der Waals surface area contributed by atoms with E-state index in [-0.39, 0.29) is 5.69 Å². The van der Waals surface area contributed by atoms with Gasteiger partial charge in [0.05, 0.1) is 12.6 Å². The molecule has 0 aromatic carbocycles. The Morgan fingerprint density at radius 2 is 2.41 bits per heavy atom. The molecule has 7 heteroatoms. The molecule has 1 aromatic heterocycles. The van der Waals surface area contributed by atoms with E-state index in [2.05, 4.69) is 20.6 Å². The van der Waals surface area contributed by atoms with E-state index in [0.29, 0.717) is 24.7 Å². The quantitative estimate of drug-likeness (QED) is 0.552. The number of aliphatic hydroxyl groups is 1. The minimum atomic E-state index is -1.08. The number of aliphatic imine (C=N–C) groups is 1. The number of aliphatic hydroxyl groups excluding tert-OH is 1. The van der Waals surface area contributed by atoms with E-state index in [1.165, 1.54) is 12.3 Å². The van der Waals surface area contributed by atoms with Crippen LogP contribution in [0.1, 0.15) is 10.5 Å². The van der Waals surface area contributed by atoms with Crippen molar-refractivity contribution in [2.45, 2.75) is 6.10 Å². The lowest BCUT2D eigenvalue weighted by molar-refractivity contribution is 0.0690. The fourth-order valence-electron chi connectivity index (χ4n) is 1.38. The minimum Gasteiger partial charge on any atom is -0.477 e. The second kappa shape index (κ2) is 4.79. The topological polar surface area (TPSA) is 107 Å². The number of nitrogens with zero attached hydrogens (tertiary/aromatic N) is 2. The maximum absolute atomic E-state index is 10.7. The molecule has 0 radical (unpaired) electrons. The number of carboxylic acid groups (broad SMARTS) is 1. The lowest BCUT2D eigenvalue weighted by Gasteiger charge is -2.19. The van der Waals surface area contributed by atoms with Gasteiger partial charge in [-0.25, -0.2) is 9.78 Å². The predicted molar refractivity (Wildman–Crippen MR) is 61.1 cm³/mol. The van der Waals surface area contributed by atoms with Crippen LogP contribution in [0, 0.1) is 0 Å². The Hall–Kier alpha value is -2.15. The molecule has 0 fully saturated rings. The van der Waals surface area contributed by atoms with Crippen LogP contribution in [0.3, 0.4) is 0 Å². The molecule has 1 atom stereocenters. The van der Waals surface area contributed by atoms with Gasteiger partial charge in [0.1, 0.15) is 5.69 Å². The number of carbonyl (C=O) groups is 1. The fraction of sp³-hybridized carbons (Fsp3) is 0.300. The van der Waals surface area contributed by atoms with Crippen molar-refractivity contribution < 1.29 is 15.0 Å². The number of hydrogen-bond acceptors (Lipinski definition) is 6. The summed E-state index contributed by atoms with van der Waals surface area (Å²) in [5.74, 6) is -0.569. The van der Waals surface area contributed by atoms with Crippen molar-refractivity contribution in [2.24, 2.45) is 4.99 Å². The van der Waals surface area contributed by atoms with Crippen molar-refractivity contribution in [3.63, 3.8) is 0 Å². The molecule has 1 aromatic rings. The minimum absolute atomic E-state index is 0.0357. The molecule has 0 spiro atoms. The zero-order chi connectivity index (χ0) is 12.3.